The summed E-state index contributed by atoms with van der Waals surface area (Å²) in [5, 5.41) is 12.3. The number of nitrogens with zero attached hydrogens (tertiary/aromatic N) is 1. The number of aliphatic carboxylic acids is 1. The van der Waals surface area contributed by atoms with Gasteiger partial charge in [0.15, 0.2) is 0 Å². The van der Waals surface area contributed by atoms with Gasteiger partial charge in [0, 0.05) is 25.4 Å². The second-order valence-corrected chi connectivity index (χ2v) is 9.93. The summed E-state index contributed by atoms with van der Waals surface area (Å²) < 4.78 is 5.57. The molecule has 2 amide bonds. The molecular weight excluding hydrogens is 444 g/mol. The van der Waals surface area contributed by atoms with Gasteiger partial charge in [-0.15, -0.1) is 0 Å². The molecule has 7 nitrogen and oxygen atoms in total. The lowest BCUT2D eigenvalue weighted by Gasteiger charge is -2.36. The molecule has 1 aliphatic carbocycles. The van der Waals surface area contributed by atoms with Crippen LogP contribution in [0.2, 0.25) is 0 Å². The van der Waals surface area contributed by atoms with Crippen LogP contribution in [-0.4, -0.2) is 53.7 Å². The minimum absolute atomic E-state index is 0.0114. The van der Waals surface area contributed by atoms with E-state index in [1.165, 1.54) is 27.2 Å². The first-order chi connectivity index (χ1) is 16.8. The quantitative estimate of drug-likeness (QED) is 0.576. The number of hydrogen-bond donors (Lipinski definition) is 2. The molecule has 4 rings (SSSR count). The Balaban J connectivity index is 1.23. The molecular formula is C28H34N2O5. The number of carbonyl (C=O) groups excluding carboxylic acids is 2. The van der Waals surface area contributed by atoms with Crippen LogP contribution < -0.4 is 5.32 Å². The van der Waals surface area contributed by atoms with Gasteiger partial charge in [-0.2, -0.15) is 0 Å². The second-order valence-electron chi connectivity index (χ2n) is 9.93. The van der Waals surface area contributed by atoms with E-state index in [1.54, 1.807) is 0 Å². The number of ether oxygens (including phenoxy) is 1. The maximum absolute atomic E-state index is 12.7. The molecule has 3 unspecified atom stereocenters. The number of carboxylic acid groups (broad SMARTS) is 1. The zero-order chi connectivity index (χ0) is 24.9. The molecule has 3 atom stereocenters. The van der Waals surface area contributed by atoms with Gasteiger partial charge in [0.05, 0.1) is 0 Å². The van der Waals surface area contributed by atoms with Crippen molar-refractivity contribution < 1.29 is 24.2 Å². The molecule has 1 heterocycles. The van der Waals surface area contributed by atoms with Crippen molar-refractivity contribution in [3.8, 4) is 11.1 Å². The fourth-order valence-electron chi connectivity index (χ4n) is 5.21. The van der Waals surface area contributed by atoms with Crippen LogP contribution in [0, 0.1) is 11.8 Å². The third-order valence-electron chi connectivity index (χ3n) is 7.21. The minimum Gasteiger partial charge on any atom is -0.480 e. The average Bonchev–Trinajstić information content (AvgIpc) is 3.18. The number of fused-ring (bicyclic) bond motifs is 3. The van der Waals surface area contributed by atoms with Crippen molar-refractivity contribution in [3.63, 3.8) is 0 Å². The maximum Gasteiger partial charge on any atom is 0.407 e. The number of benzene rings is 2. The van der Waals surface area contributed by atoms with E-state index in [2.05, 4.69) is 29.6 Å². The Morgan fingerprint density at radius 3 is 2.31 bits per heavy atom. The van der Waals surface area contributed by atoms with Crippen molar-refractivity contribution in [1.29, 1.82) is 0 Å². The van der Waals surface area contributed by atoms with Gasteiger partial charge in [-0.1, -0.05) is 62.4 Å². The molecule has 7 heteroatoms. The highest BCUT2D eigenvalue weighted by Gasteiger charge is 2.34. The number of carbonyl (C=O) groups is 3. The highest BCUT2D eigenvalue weighted by atomic mass is 16.5. The summed E-state index contributed by atoms with van der Waals surface area (Å²) in [6, 6.07) is 15.7. The van der Waals surface area contributed by atoms with Crippen molar-refractivity contribution in [3.05, 3.63) is 59.7 Å². The molecule has 0 spiro atoms. The Bertz CT molecular complexity index is 1040. The molecule has 0 bridgehead atoms. The first kappa shape index (κ1) is 24.8. The number of hydrogen-bond acceptors (Lipinski definition) is 4. The van der Waals surface area contributed by atoms with Crippen molar-refractivity contribution in [2.24, 2.45) is 11.8 Å². The van der Waals surface area contributed by atoms with Gasteiger partial charge in [-0.05, 0) is 53.4 Å². The highest BCUT2D eigenvalue weighted by molar-refractivity contribution is 5.84. The van der Waals surface area contributed by atoms with Gasteiger partial charge in [-0.3, -0.25) is 4.79 Å². The summed E-state index contributed by atoms with van der Waals surface area (Å²) in [5.41, 5.74) is 4.70. The number of piperidine rings is 1. The largest absolute Gasteiger partial charge is 0.480 e. The SMILES string of the molecule is CC(CCC(=O)N1CC(C)CCC1C(=O)O)CNC(=O)OCC1c2ccccc2-c2ccccc21. The fraction of sp³-hybridized carbons (Fsp3) is 0.464. The molecule has 2 N–H and O–H groups in total. The smallest absolute Gasteiger partial charge is 0.407 e. The molecule has 2 aliphatic rings. The van der Waals surface area contributed by atoms with E-state index >= 15 is 0 Å². The molecule has 0 radical (unpaired) electrons. The van der Waals surface area contributed by atoms with Gasteiger partial charge >= 0.3 is 12.1 Å². The summed E-state index contributed by atoms with van der Waals surface area (Å²) >= 11 is 0. The van der Waals surface area contributed by atoms with E-state index < -0.39 is 18.1 Å². The number of amides is 2. The first-order valence-electron chi connectivity index (χ1n) is 12.5. The standard InChI is InChI=1S/C28H34N2O5/c1-18(12-14-26(31)30-16-19(2)11-13-25(30)27(32)33)15-29-28(34)35-17-24-22-9-5-3-7-20(22)21-8-4-6-10-23(21)24/h3-10,18-19,24-25H,11-17H2,1-2H3,(H,29,34)(H,32,33). The van der Waals surface area contributed by atoms with Crippen LogP contribution in [0.25, 0.3) is 11.1 Å². The molecule has 35 heavy (non-hydrogen) atoms. The van der Waals surface area contributed by atoms with E-state index in [4.69, 9.17) is 4.74 Å². The van der Waals surface area contributed by atoms with Gasteiger partial charge in [0.25, 0.3) is 0 Å². The topological polar surface area (TPSA) is 95.9 Å². The lowest BCUT2D eigenvalue weighted by Crippen LogP contribution is -2.50. The fourth-order valence-corrected chi connectivity index (χ4v) is 5.21. The average molecular weight is 479 g/mol. The maximum atomic E-state index is 12.7. The van der Waals surface area contributed by atoms with Crippen LogP contribution in [0.15, 0.2) is 48.5 Å². The zero-order valence-electron chi connectivity index (χ0n) is 20.4. The van der Waals surface area contributed by atoms with E-state index in [-0.39, 0.29) is 30.8 Å². The van der Waals surface area contributed by atoms with E-state index in [0.29, 0.717) is 31.8 Å². The zero-order valence-corrected chi connectivity index (χ0v) is 20.4. The predicted molar refractivity (Wildman–Crippen MR) is 133 cm³/mol. The third-order valence-corrected chi connectivity index (χ3v) is 7.21. The highest BCUT2D eigenvalue weighted by Crippen LogP contribution is 2.44. The van der Waals surface area contributed by atoms with E-state index in [9.17, 15) is 19.5 Å². The summed E-state index contributed by atoms with van der Waals surface area (Å²) in [6.07, 6.45) is 1.69. The second kappa shape index (κ2) is 10.9. The van der Waals surface area contributed by atoms with Gasteiger partial charge in [0.1, 0.15) is 12.6 Å². The van der Waals surface area contributed by atoms with E-state index in [1.807, 2.05) is 38.1 Å². The molecule has 1 aliphatic heterocycles. The number of alkyl carbamates (subject to hydrolysis) is 1. The van der Waals surface area contributed by atoms with Crippen LogP contribution in [0.1, 0.15) is 56.6 Å². The summed E-state index contributed by atoms with van der Waals surface area (Å²) in [6.45, 7) is 5.14. The van der Waals surface area contributed by atoms with Crippen molar-refractivity contribution in [2.45, 2.75) is 51.5 Å². The summed E-state index contributed by atoms with van der Waals surface area (Å²) in [4.78, 5) is 38.1. The summed E-state index contributed by atoms with van der Waals surface area (Å²) in [7, 11) is 0. The Kier molecular flexibility index (Phi) is 7.73. The molecule has 2 aromatic rings. The first-order valence-corrected chi connectivity index (χ1v) is 12.5. The van der Waals surface area contributed by atoms with Crippen molar-refractivity contribution in [2.75, 3.05) is 19.7 Å². The lowest BCUT2D eigenvalue weighted by molar-refractivity contribution is -0.153. The molecule has 1 saturated heterocycles. The number of nitrogens with one attached hydrogen (secondary N) is 1. The molecule has 0 saturated carbocycles. The Hall–Kier alpha value is -3.35. The van der Waals surface area contributed by atoms with Gasteiger partial charge < -0.3 is 20.1 Å². The van der Waals surface area contributed by atoms with Crippen molar-refractivity contribution in [1.82, 2.24) is 10.2 Å². The molecule has 1 fully saturated rings. The minimum atomic E-state index is -0.935. The number of likely N-dealkylation sites (tertiary alicyclic amines) is 1. The van der Waals surface area contributed by atoms with Gasteiger partial charge in [-0.25, -0.2) is 9.59 Å². The normalized spacial score (nSPS) is 20.0. The van der Waals surface area contributed by atoms with Crippen molar-refractivity contribution >= 4 is 18.0 Å². The van der Waals surface area contributed by atoms with Gasteiger partial charge in [0.2, 0.25) is 5.91 Å². The Labute approximate surface area is 206 Å². The Morgan fingerprint density at radius 1 is 1.06 bits per heavy atom. The number of carboxylic acids is 1. The Morgan fingerprint density at radius 2 is 1.69 bits per heavy atom. The van der Waals surface area contributed by atoms with Crippen LogP contribution >= 0.6 is 0 Å². The monoisotopic (exact) mass is 478 g/mol. The molecule has 186 valence electrons. The number of rotatable bonds is 8. The van der Waals surface area contributed by atoms with Crippen LogP contribution in [0.4, 0.5) is 4.79 Å². The summed E-state index contributed by atoms with van der Waals surface area (Å²) in [5.74, 6) is -0.684. The molecule has 0 aromatic heterocycles. The molecule has 2 aromatic carbocycles. The van der Waals surface area contributed by atoms with Crippen LogP contribution in [-0.2, 0) is 14.3 Å². The predicted octanol–water partition coefficient (Wildman–Crippen LogP) is 4.65. The lowest BCUT2D eigenvalue weighted by atomic mass is 9.93. The van der Waals surface area contributed by atoms with Crippen LogP contribution in [0.3, 0.4) is 0 Å². The third kappa shape index (κ3) is 5.66. The van der Waals surface area contributed by atoms with Crippen LogP contribution in [0.5, 0.6) is 0 Å². The van der Waals surface area contributed by atoms with E-state index in [0.717, 1.165) is 6.42 Å².